The molecule has 1 amide bonds. The molecule has 1 aliphatic carbocycles. The van der Waals surface area contributed by atoms with Crippen molar-refractivity contribution in [1.29, 1.82) is 0 Å². The van der Waals surface area contributed by atoms with Crippen LogP contribution in [0.1, 0.15) is 56.1 Å². The SMILES string of the molecule is C=C(NC(C/C(=C/C1CC(C(=O)NC)C(C=O)C(=C)C1C)CC)c1ccc2ccccc2c1)c1cccc(C)n1. The van der Waals surface area contributed by atoms with Crippen molar-refractivity contribution in [2.24, 2.45) is 23.7 Å². The highest BCUT2D eigenvalue weighted by Crippen LogP contribution is 2.42. The van der Waals surface area contributed by atoms with Gasteiger partial charge in [-0.3, -0.25) is 9.78 Å². The number of allylic oxidation sites excluding steroid dienone is 2. The Kier molecular flexibility index (Phi) is 9.36. The highest BCUT2D eigenvalue weighted by Gasteiger charge is 2.40. The third-order valence-corrected chi connectivity index (χ3v) is 8.44. The summed E-state index contributed by atoms with van der Waals surface area (Å²) >= 11 is 0. The van der Waals surface area contributed by atoms with E-state index in [1.165, 1.54) is 21.9 Å². The summed E-state index contributed by atoms with van der Waals surface area (Å²) in [5.74, 6) is -0.704. The number of carbonyl (C=O) groups excluding carboxylic acids is 2. The number of pyridine rings is 1. The molecule has 4 rings (SSSR count). The van der Waals surface area contributed by atoms with Crippen molar-refractivity contribution in [2.45, 2.75) is 46.1 Å². The van der Waals surface area contributed by atoms with Gasteiger partial charge in [-0.25, -0.2) is 0 Å². The largest absolute Gasteiger partial charge is 0.377 e. The summed E-state index contributed by atoms with van der Waals surface area (Å²) in [7, 11) is 1.63. The fourth-order valence-electron chi connectivity index (χ4n) is 5.90. The van der Waals surface area contributed by atoms with Crippen molar-refractivity contribution in [3.05, 3.63) is 108 Å². The summed E-state index contributed by atoms with van der Waals surface area (Å²) in [6.07, 6.45) is 5.50. The molecule has 2 N–H and O–H groups in total. The van der Waals surface area contributed by atoms with Gasteiger partial charge in [0.25, 0.3) is 0 Å². The van der Waals surface area contributed by atoms with Gasteiger partial charge in [-0.2, -0.15) is 0 Å². The molecule has 1 aliphatic rings. The maximum absolute atomic E-state index is 12.7. The molecule has 40 heavy (non-hydrogen) atoms. The Morgan fingerprint density at radius 1 is 1.12 bits per heavy atom. The zero-order valence-electron chi connectivity index (χ0n) is 24.1. The van der Waals surface area contributed by atoms with Gasteiger partial charge >= 0.3 is 0 Å². The van der Waals surface area contributed by atoms with E-state index in [4.69, 9.17) is 0 Å². The maximum atomic E-state index is 12.7. The summed E-state index contributed by atoms with van der Waals surface area (Å²) < 4.78 is 0. The zero-order valence-corrected chi connectivity index (χ0v) is 24.1. The molecule has 3 aromatic rings. The molecule has 0 radical (unpaired) electrons. The van der Waals surface area contributed by atoms with Crippen LogP contribution in [0.2, 0.25) is 0 Å². The van der Waals surface area contributed by atoms with Crippen LogP contribution in [0.5, 0.6) is 0 Å². The predicted octanol–water partition coefficient (Wildman–Crippen LogP) is 6.96. The van der Waals surface area contributed by atoms with Gasteiger partial charge < -0.3 is 15.4 Å². The van der Waals surface area contributed by atoms with E-state index in [0.717, 1.165) is 41.8 Å². The second kappa shape index (κ2) is 12.9. The van der Waals surface area contributed by atoms with E-state index >= 15 is 0 Å². The average molecular weight is 536 g/mol. The second-order valence-electron chi connectivity index (χ2n) is 11.0. The predicted molar refractivity (Wildman–Crippen MR) is 164 cm³/mol. The standard InChI is InChI=1S/C35H41N3O2/c1-7-26(17-30-20-31(35(40)36-6)32(21-39)24(4)23(30)3)18-34(38-25(5)33-14-10-11-22(2)37-33)29-16-15-27-12-8-9-13-28(27)19-29/h8-17,19,21,23,30-32,34,38H,4-5,7,18,20H2,1-3,6H3,(H,36,40)/b26-17+. The Balaban J connectivity index is 1.67. The third-order valence-electron chi connectivity index (χ3n) is 8.44. The fourth-order valence-corrected chi connectivity index (χ4v) is 5.90. The molecule has 2 aromatic carbocycles. The van der Waals surface area contributed by atoms with Crippen molar-refractivity contribution in [1.82, 2.24) is 15.6 Å². The lowest BCUT2D eigenvalue weighted by atomic mass is 9.65. The van der Waals surface area contributed by atoms with E-state index in [1.807, 2.05) is 25.1 Å². The Bertz CT molecular complexity index is 1440. The van der Waals surface area contributed by atoms with Crippen molar-refractivity contribution in [3.63, 3.8) is 0 Å². The van der Waals surface area contributed by atoms with Crippen LogP contribution in [0.25, 0.3) is 16.5 Å². The summed E-state index contributed by atoms with van der Waals surface area (Å²) in [5, 5.41) is 8.83. The van der Waals surface area contributed by atoms with Gasteiger partial charge in [0.2, 0.25) is 5.91 Å². The minimum absolute atomic E-state index is 0.0230. The minimum atomic E-state index is -0.443. The molecule has 5 unspecified atom stereocenters. The number of benzene rings is 2. The highest BCUT2D eigenvalue weighted by atomic mass is 16.2. The summed E-state index contributed by atoms with van der Waals surface area (Å²) in [6, 6.07) is 20.9. The molecule has 1 aromatic heterocycles. The molecule has 0 spiro atoms. The first-order valence-corrected chi connectivity index (χ1v) is 14.2. The molecule has 1 fully saturated rings. The van der Waals surface area contributed by atoms with E-state index < -0.39 is 11.8 Å². The first-order chi connectivity index (χ1) is 19.2. The van der Waals surface area contributed by atoms with Gasteiger partial charge in [0.1, 0.15) is 6.29 Å². The molecule has 1 heterocycles. The third kappa shape index (κ3) is 6.41. The van der Waals surface area contributed by atoms with Crippen LogP contribution in [-0.4, -0.2) is 24.2 Å². The van der Waals surface area contributed by atoms with Crippen molar-refractivity contribution in [2.75, 3.05) is 7.05 Å². The van der Waals surface area contributed by atoms with E-state index in [1.54, 1.807) is 7.05 Å². The number of aryl methyl sites for hydroxylation is 1. The van der Waals surface area contributed by atoms with Gasteiger partial charge in [-0.05, 0) is 72.6 Å². The number of aldehydes is 1. The van der Waals surface area contributed by atoms with Crippen LogP contribution in [0.4, 0.5) is 0 Å². The molecule has 5 atom stereocenters. The molecule has 5 heteroatoms. The van der Waals surface area contributed by atoms with Crippen LogP contribution in [0.15, 0.2) is 91.0 Å². The lowest BCUT2D eigenvalue weighted by Crippen LogP contribution is -2.41. The Morgan fingerprint density at radius 3 is 2.55 bits per heavy atom. The number of rotatable bonds is 10. The summed E-state index contributed by atoms with van der Waals surface area (Å²) in [5.41, 5.74) is 5.87. The second-order valence-corrected chi connectivity index (χ2v) is 11.0. The van der Waals surface area contributed by atoms with Crippen LogP contribution in [-0.2, 0) is 9.59 Å². The highest BCUT2D eigenvalue weighted by molar-refractivity contribution is 5.84. The molecule has 0 saturated heterocycles. The van der Waals surface area contributed by atoms with Gasteiger partial charge in [-0.1, -0.05) is 86.7 Å². The minimum Gasteiger partial charge on any atom is -0.377 e. The number of fused-ring (bicyclic) bond motifs is 1. The number of hydrogen-bond donors (Lipinski definition) is 2. The van der Waals surface area contributed by atoms with Crippen molar-refractivity contribution in [3.8, 4) is 0 Å². The maximum Gasteiger partial charge on any atom is 0.223 e. The number of aromatic nitrogens is 1. The van der Waals surface area contributed by atoms with E-state index in [0.29, 0.717) is 6.42 Å². The molecule has 208 valence electrons. The lowest BCUT2D eigenvalue weighted by Gasteiger charge is -2.38. The molecular formula is C35H41N3O2. The quantitative estimate of drug-likeness (QED) is 0.217. The smallest absolute Gasteiger partial charge is 0.223 e. The van der Waals surface area contributed by atoms with E-state index in [2.05, 4.69) is 91.2 Å². The Morgan fingerprint density at radius 2 is 1.88 bits per heavy atom. The van der Waals surface area contributed by atoms with E-state index in [9.17, 15) is 9.59 Å². The lowest BCUT2D eigenvalue weighted by molar-refractivity contribution is -0.130. The summed E-state index contributed by atoms with van der Waals surface area (Å²) in [6.45, 7) is 14.9. The number of nitrogens with zero attached hydrogens (tertiary/aromatic N) is 1. The first kappa shape index (κ1) is 29.0. The number of hydrogen-bond acceptors (Lipinski definition) is 4. The average Bonchev–Trinajstić information content (AvgIpc) is 2.97. The molecular weight excluding hydrogens is 494 g/mol. The van der Waals surface area contributed by atoms with Crippen LogP contribution < -0.4 is 10.6 Å². The Labute approximate surface area is 238 Å². The summed E-state index contributed by atoms with van der Waals surface area (Å²) in [4.78, 5) is 29.2. The Hall–Kier alpha value is -3.99. The zero-order chi connectivity index (χ0) is 28.8. The number of amides is 1. The van der Waals surface area contributed by atoms with Gasteiger partial charge in [0.15, 0.2) is 0 Å². The number of nitrogens with one attached hydrogen (secondary N) is 2. The normalized spacial score (nSPS) is 22.0. The van der Waals surface area contributed by atoms with E-state index in [-0.39, 0.29) is 23.8 Å². The van der Waals surface area contributed by atoms with Gasteiger partial charge in [0, 0.05) is 18.7 Å². The molecule has 1 saturated carbocycles. The van der Waals surface area contributed by atoms with Gasteiger partial charge in [-0.15, -0.1) is 0 Å². The fraction of sp³-hybridized carbons (Fsp3) is 0.343. The first-order valence-electron chi connectivity index (χ1n) is 14.2. The topological polar surface area (TPSA) is 71.1 Å². The monoisotopic (exact) mass is 535 g/mol. The van der Waals surface area contributed by atoms with Crippen LogP contribution in [0.3, 0.4) is 0 Å². The van der Waals surface area contributed by atoms with Crippen LogP contribution >= 0.6 is 0 Å². The molecule has 0 aliphatic heterocycles. The van der Waals surface area contributed by atoms with Crippen LogP contribution in [0, 0.1) is 30.6 Å². The molecule has 5 nitrogen and oxygen atoms in total. The van der Waals surface area contributed by atoms with Gasteiger partial charge in [0.05, 0.1) is 23.4 Å². The van der Waals surface area contributed by atoms with Crippen molar-refractivity contribution >= 4 is 28.7 Å². The van der Waals surface area contributed by atoms with Crippen molar-refractivity contribution < 1.29 is 9.59 Å². The number of carbonyl (C=O) groups is 2. The molecule has 0 bridgehead atoms.